The van der Waals surface area contributed by atoms with Crippen LogP contribution < -0.4 is 11.2 Å². The third kappa shape index (κ3) is 5.66. The Morgan fingerprint density at radius 2 is 2.32 bits per heavy atom. The first-order valence-corrected chi connectivity index (χ1v) is 10.4. The van der Waals surface area contributed by atoms with Crippen molar-refractivity contribution in [2.75, 3.05) is 18.3 Å². The number of nitrogens with one attached hydrogen (secondary N) is 1. The first-order chi connectivity index (χ1) is 12.1. The maximum absolute atomic E-state index is 12.0. The van der Waals surface area contributed by atoms with Crippen molar-refractivity contribution in [2.24, 2.45) is 0 Å². The molecule has 0 bridgehead atoms. The highest BCUT2D eigenvalue weighted by atomic mass is 33.1. The van der Waals surface area contributed by atoms with Gasteiger partial charge in [0.1, 0.15) is 18.3 Å². The Hall–Kier alpha value is -1.18. The molecule has 2 N–H and O–H groups in total. The number of aliphatic hydroxyl groups is 1. The van der Waals surface area contributed by atoms with Gasteiger partial charge in [0, 0.05) is 30.4 Å². The number of ether oxygens (including phenoxy) is 2. The van der Waals surface area contributed by atoms with E-state index in [9.17, 15) is 14.7 Å². The standard InChI is InChI=1S/C16H22N2O5S2/c1-3-4-5-6-24-25-10-22-12-7-14(23-13(12)9-19)18-8-11(2)15(20)17-16(18)21/h1,8,12-14,19H,4-7,9-10H2,2H3,(H,17,20,21)/t12?,13-,14-/m1/s1. The molecule has 2 heterocycles. The maximum atomic E-state index is 12.0. The van der Waals surface area contributed by atoms with Crippen molar-refractivity contribution in [1.82, 2.24) is 9.55 Å². The molecule has 1 aliphatic heterocycles. The molecule has 138 valence electrons. The summed E-state index contributed by atoms with van der Waals surface area (Å²) in [6, 6.07) is 0. The summed E-state index contributed by atoms with van der Waals surface area (Å²) >= 11 is 0. The SMILES string of the molecule is C#CCCCSSCOC1C[C@H](n2cc(C)c(=O)[nH]c2=O)O[C@@H]1CO. The summed E-state index contributed by atoms with van der Waals surface area (Å²) in [5, 5.41) is 9.49. The molecule has 0 spiro atoms. The van der Waals surface area contributed by atoms with Crippen molar-refractivity contribution < 1.29 is 14.6 Å². The average Bonchev–Trinajstić information content (AvgIpc) is 3.00. The molecular weight excluding hydrogens is 364 g/mol. The molecule has 0 saturated carbocycles. The van der Waals surface area contributed by atoms with Gasteiger partial charge >= 0.3 is 5.69 Å². The monoisotopic (exact) mass is 386 g/mol. The largest absolute Gasteiger partial charge is 0.394 e. The number of nitrogens with zero attached hydrogens (tertiary/aromatic N) is 1. The number of aromatic amines is 1. The smallest absolute Gasteiger partial charge is 0.330 e. The van der Waals surface area contributed by atoms with E-state index in [-0.39, 0.29) is 12.7 Å². The molecule has 9 heteroatoms. The van der Waals surface area contributed by atoms with Gasteiger partial charge < -0.3 is 14.6 Å². The fourth-order valence-electron chi connectivity index (χ4n) is 2.45. The summed E-state index contributed by atoms with van der Waals surface area (Å²) in [5.41, 5.74) is -0.521. The molecule has 1 unspecified atom stereocenters. The van der Waals surface area contributed by atoms with Crippen LogP contribution in [-0.2, 0) is 9.47 Å². The summed E-state index contributed by atoms with van der Waals surface area (Å²) in [6.07, 6.45) is 7.45. The Bertz CT molecular complexity index is 712. The van der Waals surface area contributed by atoms with Crippen LogP contribution >= 0.6 is 21.6 Å². The van der Waals surface area contributed by atoms with E-state index in [0.717, 1.165) is 18.6 Å². The Morgan fingerprint density at radius 1 is 1.52 bits per heavy atom. The average molecular weight is 386 g/mol. The molecule has 3 atom stereocenters. The molecule has 0 aromatic carbocycles. The van der Waals surface area contributed by atoms with E-state index in [1.165, 1.54) is 10.8 Å². The zero-order valence-corrected chi connectivity index (χ0v) is 15.6. The summed E-state index contributed by atoms with van der Waals surface area (Å²) in [5.74, 6) is 4.01. The van der Waals surface area contributed by atoms with Gasteiger partial charge in [0.25, 0.3) is 5.56 Å². The van der Waals surface area contributed by atoms with Crippen molar-refractivity contribution in [2.45, 2.75) is 44.6 Å². The Kier molecular flexibility index (Phi) is 8.12. The quantitative estimate of drug-likeness (QED) is 0.286. The van der Waals surface area contributed by atoms with Gasteiger partial charge in [-0.25, -0.2) is 4.79 Å². The normalized spacial score (nSPS) is 22.8. The molecule has 1 aromatic heterocycles. The summed E-state index contributed by atoms with van der Waals surface area (Å²) in [6.45, 7) is 1.42. The van der Waals surface area contributed by atoms with E-state index < -0.39 is 23.6 Å². The van der Waals surface area contributed by atoms with E-state index in [0.29, 0.717) is 17.9 Å². The predicted octanol–water partition coefficient (Wildman–Crippen LogP) is 1.26. The number of terminal acetylenes is 1. The third-order valence-electron chi connectivity index (χ3n) is 3.78. The fourth-order valence-corrected chi connectivity index (χ4v) is 4.21. The lowest BCUT2D eigenvalue weighted by molar-refractivity contribution is -0.0554. The summed E-state index contributed by atoms with van der Waals surface area (Å²) in [7, 11) is 3.27. The molecule has 0 amide bonds. The van der Waals surface area contributed by atoms with Gasteiger partial charge in [-0.1, -0.05) is 21.6 Å². The lowest BCUT2D eigenvalue weighted by Gasteiger charge is -2.16. The van der Waals surface area contributed by atoms with Crippen LogP contribution in [0, 0.1) is 19.3 Å². The molecule has 7 nitrogen and oxygen atoms in total. The number of rotatable bonds is 9. The van der Waals surface area contributed by atoms with Crippen molar-refractivity contribution in [3.8, 4) is 12.3 Å². The molecule has 0 radical (unpaired) electrons. The first kappa shape index (κ1) is 20.1. The zero-order valence-electron chi connectivity index (χ0n) is 14.0. The van der Waals surface area contributed by atoms with Crippen LogP contribution in [0.1, 0.15) is 31.1 Å². The molecule has 25 heavy (non-hydrogen) atoms. The van der Waals surface area contributed by atoms with Crippen molar-refractivity contribution in [1.29, 1.82) is 0 Å². The van der Waals surface area contributed by atoms with E-state index in [4.69, 9.17) is 15.9 Å². The number of H-pyrrole nitrogens is 1. The second-order valence-corrected chi connectivity index (χ2v) is 8.13. The molecule has 1 saturated heterocycles. The zero-order chi connectivity index (χ0) is 18.2. The number of aromatic nitrogens is 2. The molecule has 1 aromatic rings. The van der Waals surface area contributed by atoms with Crippen LogP contribution in [0.25, 0.3) is 0 Å². The number of hydrogen-bond donors (Lipinski definition) is 2. The highest BCUT2D eigenvalue weighted by molar-refractivity contribution is 8.76. The first-order valence-electron chi connectivity index (χ1n) is 7.94. The Balaban J connectivity index is 1.88. The van der Waals surface area contributed by atoms with Crippen LogP contribution in [-0.4, -0.2) is 45.2 Å². The van der Waals surface area contributed by atoms with Gasteiger partial charge in [-0.05, 0) is 13.3 Å². The third-order valence-corrected chi connectivity index (χ3v) is 5.92. The molecule has 0 aliphatic carbocycles. The predicted molar refractivity (Wildman–Crippen MR) is 99.5 cm³/mol. The van der Waals surface area contributed by atoms with Gasteiger partial charge in [-0.15, -0.1) is 12.3 Å². The van der Waals surface area contributed by atoms with Crippen LogP contribution in [0.15, 0.2) is 15.8 Å². The second kappa shape index (κ2) is 10.1. The highest BCUT2D eigenvalue weighted by Gasteiger charge is 2.37. The van der Waals surface area contributed by atoms with Crippen LogP contribution in [0.4, 0.5) is 0 Å². The molecule has 1 aliphatic rings. The lowest BCUT2D eigenvalue weighted by atomic mass is 10.2. The number of unbranched alkanes of at least 4 members (excludes halogenated alkanes) is 1. The molecular formula is C16H22N2O5S2. The minimum absolute atomic E-state index is 0.196. The summed E-state index contributed by atoms with van der Waals surface area (Å²) < 4.78 is 12.8. The van der Waals surface area contributed by atoms with Crippen LogP contribution in [0.2, 0.25) is 0 Å². The van der Waals surface area contributed by atoms with E-state index >= 15 is 0 Å². The van der Waals surface area contributed by atoms with Crippen LogP contribution in [0.3, 0.4) is 0 Å². The topological polar surface area (TPSA) is 93.6 Å². The van der Waals surface area contributed by atoms with Gasteiger partial charge in [0.15, 0.2) is 0 Å². The Labute approximate surface area is 153 Å². The van der Waals surface area contributed by atoms with Gasteiger partial charge in [0.2, 0.25) is 0 Å². The van der Waals surface area contributed by atoms with E-state index in [1.54, 1.807) is 28.5 Å². The minimum atomic E-state index is -0.571. The highest BCUT2D eigenvalue weighted by Crippen LogP contribution is 2.31. The summed E-state index contributed by atoms with van der Waals surface area (Å²) in [4.78, 5) is 25.7. The van der Waals surface area contributed by atoms with Crippen LogP contribution in [0.5, 0.6) is 0 Å². The van der Waals surface area contributed by atoms with Crippen molar-refractivity contribution in [3.05, 3.63) is 32.6 Å². The molecule has 1 fully saturated rings. The van der Waals surface area contributed by atoms with Gasteiger partial charge in [0.05, 0.1) is 12.7 Å². The van der Waals surface area contributed by atoms with Crippen molar-refractivity contribution >= 4 is 21.6 Å². The Morgan fingerprint density at radius 3 is 3.04 bits per heavy atom. The lowest BCUT2D eigenvalue weighted by Crippen LogP contribution is -2.33. The maximum Gasteiger partial charge on any atom is 0.330 e. The van der Waals surface area contributed by atoms with Crippen molar-refractivity contribution in [3.63, 3.8) is 0 Å². The van der Waals surface area contributed by atoms with Gasteiger partial charge in [-0.2, -0.15) is 0 Å². The number of aliphatic hydroxyl groups excluding tert-OH is 1. The number of hydrogen-bond acceptors (Lipinski definition) is 7. The fraction of sp³-hybridized carbons (Fsp3) is 0.625. The molecule has 2 rings (SSSR count). The van der Waals surface area contributed by atoms with E-state index in [1.807, 2.05) is 0 Å². The van der Waals surface area contributed by atoms with Gasteiger partial charge in [-0.3, -0.25) is 14.3 Å². The second-order valence-electron chi connectivity index (χ2n) is 5.60. The van der Waals surface area contributed by atoms with E-state index in [2.05, 4.69) is 10.9 Å². The number of aryl methyl sites for hydroxylation is 1. The minimum Gasteiger partial charge on any atom is -0.394 e.